The highest BCUT2D eigenvalue weighted by Gasteiger charge is 2.11. The van der Waals surface area contributed by atoms with Gasteiger partial charge in [0, 0.05) is 12.1 Å². The summed E-state index contributed by atoms with van der Waals surface area (Å²) in [4.78, 5) is 12.3. The summed E-state index contributed by atoms with van der Waals surface area (Å²) in [5.41, 5.74) is 1.42. The highest BCUT2D eigenvalue weighted by atomic mass is 19.3. The van der Waals surface area contributed by atoms with E-state index >= 15 is 0 Å². The maximum Gasteiger partial charge on any atom is 0.387 e. The zero-order valence-electron chi connectivity index (χ0n) is 14.4. The lowest BCUT2D eigenvalue weighted by Gasteiger charge is -2.09. The number of aromatic nitrogens is 3. The maximum absolute atomic E-state index is 12.3. The first kappa shape index (κ1) is 18.5. The number of amides is 1. The number of nitrogens with one attached hydrogen (secondary N) is 1. The second kappa shape index (κ2) is 8.88. The van der Waals surface area contributed by atoms with Crippen LogP contribution in [0.15, 0.2) is 60.9 Å². The van der Waals surface area contributed by atoms with Crippen molar-refractivity contribution in [2.45, 2.75) is 26.1 Å². The fourth-order valence-electron chi connectivity index (χ4n) is 2.57. The molecular formula is C19H18F2N4O2. The number of aryl methyl sites for hydroxylation is 2. The molecule has 0 spiro atoms. The summed E-state index contributed by atoms with van der Waals surface area (Å²) in [6, 6.07) is 15.6. The highest BCUT2D eigenvalue weighted by molar-refractivity contribution is 5.94. The minimum atomic E-state index is -2.94. The quantitative estimate of drug-likeness (QED) is 0.660. The standard InChI is InChI=1S/C19H18F2N4O2/c20-19(21)27-16-8-4-7-15(11-16)18(26)22-12-17-24-23-13-25(17)10-9-14-5-2-1-3-6-14/h1-8,11,13,19H,9-10,12H2,(H,22,26). The van der Waals surface area contributed by atoms with Crippen molar-refractivity contribution in [1.82, 2.24) is 20.1 Å². The Morgan fingerprint density at radius 2 is 1.96 bits per heavy atom. The summed E-state index contributed by atoms with van der Waals surface area (Å²) in [7, 11) is 0. The predicted molar refractivity (Wildman–Crippen MR) is 94.4 cm³/mol. The Labute approximate surface area is 154 Å². The molecule has 0 aliphatic heterocycles. The van der Waals surface area contributed by atoms with Gasteiger partial charge in [0.05, 0.1) is 6.54 Å². The Balaban J connectivity index is 1.57. The molecule has 140 valence electrons. The topological polar surface area (TPSA) is 69.0 Å². The van der Waals surface area contributed by atoms with E-state index in [2.05, 4.69) is 20.3 Å². The first-order chi connectivity index (χ1) is 13.1. The third-order valence-corrected chi connectivity index (χ3v) is 3.91. The van der Waals surface area contributed by atoms with Crippen molar-refractivity contribution >= 4 is 5.91 Å². The number of nitrogens with zero attached hydrogens (tertiary/aromatic N) is 3. The molecule has 2 aromatic carbocycles. The Kier molecular flexibility index (Phi) is 6.09. The summed E-state index contributed by atoms with van der Waals surface area (Å²) in [6.07, 6.45) is 2.42. The van der Waals surface area contributed by atoms with Gasteiger partial charge in [-0.2, -0.15) is 8.78 Å². The molecule has 0 aliphatic carbocycles. The second-order valence-electron chi connectivity index (χ2n) is 5.77. The van der Waals surface area contributed by atoms with Crippen molar-refractivity contribution in [2.75, 3.05) is 0 Å². The number of carbonyl (C=O) groups excluding carboxylic acids is 1. The minimum absolute atomic E-state index is 0.0660. The SMILES string of the molecule is O=C(NCc1nncn1CCc1ccccc1)c1cccc(OC(F)F)c1. The van der Waals surface area contributed by atoms with Gasteiger partial charge in [-0.1, -0.05) is 36.4 Å². The van der Waals surface area contributed by atoms with Crippen LogP contribution in [-0.2, 0) is 19.5 Å². The van der Waals surface area contributed by atoms with Gasteiger partial charge in [0.15, 0.2) is 5.82 Å². The zero-order valence-corrected chi connectivity index (χ0v) is 14.4. The Bertz CT molecular complexity index is 884. The van der Waals surface area contributed by atoms with Crippen LogP contribution in [0.2, 0.25) is 0 Å². The molecule has 8 heteroatoms. The molecule has 0 unspecified atom stereocenters. The van der Waals surface area contributed by atoms with Gasteiger partial charge in [0.1, 0.15) is 12.1 Å². The fourth-order valence-corrected chi connectivity index (χ4v) is 2.57. The van der Waals surface area contributed by atoms with Crippen molar-refractivity contribution in [3.63, 3.8) is 0 Å². The van der Waals surface area contributed by atoms with Crippen molar-refractivity contribution in [1.29, 1.82) is 0 Å². The first-order valence-electron chi connectivity index (χ1n) is 8.35. The summed E-state index contributed by atoms with van der Waals surface area (Å²) >= 11 is 0. The van der Waals surface area contributed by atoms with E-state index in [1.165, 1.54) is 29.8 Å². The van der Waals surface area contributed by atoms with Gasteiger partial charge in [-0.15, -0.1) is 10.2 Å². The lowest BCUT2D eigenvalue weighted by molar-refractivity contribution is -0.0498. The van der Waals surface area contributed by atoms with Crippen molar-refractivity contribution in [2.24, 2.45) is 0 Å². The molecule has 3 rings (SSSR count). The van der Waals surface area contributed by atoms with Gasteiger partial charge in [-0.25, -0.2) is 0 Å². The van der Waals surface area contributed by atoms with Crippen LogP contribution in [-0.4, -0.2) is 27.3 Å². The molecule has 0 saturated heterocycles. The molecule has 1 aromatic heterocycles. The highest BCUT2D eigenvalue weighted by Crippen LogP contribution is 2.16. The summed E-state index contributed by atoms with van der Waals surface area (Å²) < 4.78 is 30.7. The van der Waals surface area contributed by atoms with Gasteiger partial charge in [-0.3, -0.25) is 4.79 Å². The van der Waals surface area contributed by atoms with Gasteiger partial charge >= 0.3 is 6.61 Å². The number of rotatable bonds is 8. The molecule has 1 heterocycles. The average molecular weight is 372 g/mol. The van der Waals surface area contributed by atoms with Gasteiger partial charge < -0.3 is 14.6 Å². The molecule has 1 N–H and O–H groups in total. The average Bonchev–Trinajstić information content (AvgIpc) is 3.12. The first-order valence-corrected chi connectivity index (χ1v) is 8.35. The van der Waals surface area contributed by atoms with Crippen LogP contribution in [0, 0.1) is 0 Å². The summed E-state index contributed by atoms with van der Waals surface area (Å²) in [5.74, 6) is 0.135. The molecule has 0 atom stereocenters. The Hall–Kier alpha value is -3.29. The molecule has 0 aliphatic rings. The van der Waals surface area contributed by atoms with Gasteiger partial charge in [-0.05, 0) is 30.2 Å². The van der Waals surface area contributed by atoms with E-state index in [1.54, 1.807) is 6.33 Å². The Morgan fingerprint density at radius 1 is 1.15 bits per heavy atom. The second-order valence-corrected chi connectivity index (χ2v) is 5.77. The predicted octanol–water partition coefficient (Wildman–Crippen LogP) is 3.05. The molecule has 6 nitrogen and oxygen atoms in total. The van der Waals surface area contributed by atoms with Crippen LogP contribution >= 0.6 is 0 Å². The number of halogens is 2. The number of carbonyl (C=O) groups is 1. The van der Waals surface area contributed by atoms with E-state index in [-0.39, 0.29) is 17.9 Å². The Morgan fingerprint density at radius 3 is 2.74 bits per heavy atom. The number of ether oxygens (including phenoxy) is 1. The molecule has 0 fully saturated rings. The summed E-state index contributed by atoms with van der Waals surface area (Å²) in [5, 5.41) is 10.6. The number of hydrogen-bond donors (Lipinski definition) is 1. The van der Waals surface area contributed by atoms with E-state index in [9.17, 15) is 13.6 Å². The third-order valence-electron chi connectivity index (χ3n) is 3.91. The van der Waals surface area contributed by atoms with Crippen LogP contribution in [0.4, 0.5) is 8.78 Å². The monoisotopic (exact) mass is 372 g/mol. The van der Waals surface area contributed by atoms with Gasteiger partial charge in [0.25, 0.3) is 5.91 Å². The van der Waals surface area contributed by atoms with E-state index in [0.717, 1.165) is 6.42 Å². The molecule has 0 bridgehead atoms. The molecular weight excluding hydrogens is 354 g/mol. The number of benzene rings is 2. The van der Waals surface area contributed by atoms with Crippen LogP contribution in [0.25, 0.3) is 0 Å². The number of alkyl halides is 2. The molecule has 0 saturated carbocycles. The molecule has 0 radical (unpaired) electrons. The number of hydrogen-bond acceptors (Lipinski definition) is 4. The van der Waals surface area contributed by atoms with E-state index in [1.807, 2.05) is 34.9 Å². The van der Waals surface area contributed by atoms with Crippen molar-refractivity contribution in [3.05, 3.63) is 77.9 Å². The van der Waals surface area contributed by atoms with Crippen LogP contribution in [0.1, 0.15) is 21.7 Å². The lowest BCUT2D eigenvalue weighted by atomic mass is 10.1. The maximum atomic E-state index is 12.3. The van der Waals surface area contributed by atoms with E-state index < -0.39 is 12.5 Å². The normalized spacial score (nSPS) is 10.8. The largest absolute Gasteiger partial charge is 0.435 e. The van der Waals surface area contributed by atoms with E-state index in [4.69, 9.17) is 0 Å². The third kappa shape index (κ3) is 5.34. The zero-order chi connectivity index (χ0) is 19.1. The minimum Gasteiger partial charge on any atom is -0.435 e. The molecule has 3 aromatic rings. The van der Waals surface area contributed by atoms with E-state index in [0.29, 0.717) is 12.4 Å². The lowest BCUT2D eigenvalue weighted by Crippen LogP contribution is -2.25. The fraction of sp³-hybridized carbons (Fsp3) is 0.211. The van der Waals surface area contributed by atoms with Crippen molar-refractivity contribution in [3.8, 4) is 5.75 Å². The molecule has 27 heavy (non-hydrogen) atoms. The van der Waals surface area contributed by atoms with Crippen molar-refractivity contribution < 1.29 is 18.3 Å². The van der Waals surface area contributed by atoms with Crippen LogP contribution < -0.4 is 10.1 Å². The summed E-state index contributed by atoms with van der Waals surface area (Å²) in [6.45, 7) is -2.08. The van der Waals surface area contributed by atoms with Crippen LogP contribution in [0.3, 0.4) is 0 Å². The van der Waals surface area contributed by atoms with Gasteiger partial charge in [0.2, 0.25) is 0 Å². The van der Waals surface area contributed by atoms with Crippen LogP contribution in [0.5, 0.6) is 5.75 Å². The molecule has 1 amide bonds. The smallest absolute Gasteiger partial charge is 0.387 e.